The molecule has 0 saturated heterocycles. The zero-order valence-electron chi connectivity index (χ0n) is 14.7. The van der Waals surface area contributed by atoms with E-state index in [0.717, 1.165) is 28.0 Å². The van der Waals surface area contributed by atoms with E-state index >= 15 is 0 Å². The highest BCUT2D eigenvalue weighted by Crippen LogP contribution is 2.23. The molecule has 27 heavy (non-hydrogen) atoms. The monoisotopic (exact) mass is 354 g/mol. The Labute approximate surface area is 157 Å². The molecule has 0 spiro atoms. The summed E-state index contributed by atoms with van der Waals surface area (Å²) < 4.78 is 0. The molecule has 4 rings (SSSR count). The van der Waals surface area contributed by atoms with E-state index in [1.807, 2.05) is 60.7 Å². The Balaban J connectivity index is 1.45. The molecular weight excluding hydrogens is 336 g/mol. The van der Waals surface area contributed by atoms with Gasteiger partial charge in [-0.25, -0.2) is 9.97 Å². The Bertz CT molecular complexity index is 1060. The highest BCUT2D eigenvalue weighted by Gasteiger charge is 2.08. The minimum absolute atomic E-state index is 0.130. The van der Waals surface area contributed by atoms with Crippen LogP contribution in [0.4, 0.5) is 11.5 Å². The van der Waals surface area contributed by atoms with Crippen LogP contribution in [-0.2, 0) is 6.42 Å². The first-order valence-corrected chi connectivity index (χ1v) is 8.78. The molecule has 132 valence electrons. The third-order valence-electron chi connectivity index (χ3n) is 4.40. The zero-order chi connectivity index (χ0) is 18.5. The van der Waals surface area contributed by atoms with E-state index in [-0.39, 0.29) is 5.78 Å². The highest BCUT2D eigenvalue weighted by atomic mass is 16.1. The van der Waals surface area contributed by atoms with Gasteiger partial charge in [0, 0.05) is 35.5 Å². The second-order valence-corrected chi connectivity index (χ2v) is 6.22. The quantitative estimate of drug-likeness (QED) is 0.513. The van der Waals surface area contributed by atoms with E-state index < -0.39 is 0 Å². The molecule has 5 nitrogen and oxygen atoms in total. The number of carbonyl (C=O) groups excluding carboxylic acids is 1. The van der Waals surface area contributed by atoms with Crippen LogP contribution in [0.15, 0.2) is 79.4 Å². The molecule has 0 aliphatic heterocycles. The van der Waals surface area contributed by atoms with E-state index in [1.165, 1.54) is 0 Å². The van der Waals surface area contributed by atoms with Gasteiger partial charge in [-0.2, -0.15) is 0 Å². The first-order valence-electron chi connectivity index (χ1n) is 8.78. The van der Waals surface area contributed by atoms with E-state index in [4.69, 9.17) is 0 Å². The molecule has 0 fully saturated rings. The highest BCUT2D eigenvalue weighted by molar-refractivity contribution is 5.96. The smallest absolute Gasteiger partial charge is 0.163 e. The van der Waals surface area contributed by atoms with Crippen molar-refractivity contribution in [3.63, 3.8) is 0 Å². The molecule has 1 N–H and O–H groups in total. The van der Waals surface area contributed by atoms with Crippen molar-refractivity contribution in [3.05, 3.63) is 90.5 Å². The summed E-state index contributed by atoms with van der Waals surface area (Å²) in [6.45, 7) is 0. The molecule has 2 heterocycles. The molecule has 0 unspecified atom stereocenters. The molecule has 0 saturated carbocycles. The minimum Gasteiger partial charge on any atom is -0.340 e. The summed E-state index contributed by atoms with van der Waals surface area (Å²) in [7, 11) is 0. The predicted octanol–water partition coefficient (Wildman–Crippen LogP) is 4.58. The van der Waals surface area contributed by atoms with Crippen molar-refractivity contribution in [1.29, 1.82) is 0 Å². The number of hydrogen-bond donors (Lipinski definition) is 1. The summed E-state index contributed by atoms with van der Waals surface area (Å²) in [5.74, 6) is 0.878. The number of hydrogen-bond acceptors (Lipinski definition) is 5. The SMILES string of the molecule is O=C(CCc1ccncc1)c1ccc(Nc2ncnc3ccccc23)cc1. The van der Waals surface area contributed by atoms with Crippen LogP contribution < -0.4 is 5.32 Å². The van der Waals surface area contributed by atoms with Crippen LogP contribution in [0.3, 0.4) is 0 Å². The standard InChI is InChI=1S/C22H18N4O/c27-21(10-5-16-11-13-23-14-12-16)17-6-8-18(9-7-17)26-22-19-3-1-2-4-20(19)24-15-25-22/h1-4,6-9,11-15H,5,10H2,(H,24,25,26). The number of benzene rings is 2. The molecule has 2 aromatic heterocycles. The van der Waals surface area contributed by atoms with Crippen molar-refractivity contribution in [3.8, 4) is 0 Å². The number of nitrogens with one attached hydrogen (secondary N) is 1. The van der Waals surface area contributed by atoms with E-state index in [1.54, 1.807) is 18.7 Å². The summed E-state index contributed by atoms with van der Waals surface area (Å²) >= 11 is 0. The normalized spacial score (nSPS) is 10.7. The second kappa shape index (κ2) is 7.74. The molecule has 0 radical (unpaired) electrons. The lowest BCUT2D eigenvalue weighted by Gasteiger charge is -2.09. The molecule has 5 heteroatoms. The van der Waals surface area contributed by atoms with Gasteiger partial charge >= 0.3 is 0 Å². The molecule has 0 aliphatic carbocycles. The molecule has 0 amide bonds. The average molecular weight is 354 g/mol. The maximum atomic E-state index is 12.4. The van der Waals surface area contributed by atoms with E-state index in [9.17, 15) is 4.79 Å². The lowest BCUT2D eigenvalue weighted by atomic mass is 10.0. The average Bonchev–Trinajstić information content (AvgIpc) is 2.74. The van der Waals surface area contributed by atoms with Gasteiger partial charge < -0.3 is 5.32 Å². The number of nitrogens with zero attached hydrogens (tertiary/aromatic N) is 3. The lowest BCUT2D eigenvalue weighted by Crippen LogP contribution is -2.02. The number of pyridine rings is 1. The maximum Gasteiger partial charge on any atom is 0.163 e. The van der Waals surface area contributed by atoms with Crippen molar-refractivity contribution < 1.29 is 4.79 Å². The fraction of sp³-hybridized carbons (Fsp3) is 0.0909. The van der Waals surface area contributed by atoms with Gasteiger partial charge in [0.05, 0.1) is 5.52 Å². The number of fused-ring (bicyclic) bond motifs is 1. The lowest BCUT2D eigenvalue weighted by molar-refractivity contribution is 0.0983. The van der Waals surface area contributed by atoms with Gasteiger partial charge in [0.1, 0.15) is 12.1 Å². The Hall–Kier alpha value is -3.60. The summed E-state index contributed by atoms with van der Waals surface area (Å²) in [4.78, 5) is 25.0. The van der Waals surface area contributed by atoms with Crippen molar-refractivity contribution in [1.82, 2.24) is 15.0 Å². The number of rotatable bonds is 6. The van der Waals surface area contributed by atoms with Gasteiger partial charge in [-0.15, -0.1) is 0 Å². The van der Waals surface area contributed by atoms with Crippen LogP contribution in [0.1, 0.15) is 22.3 Å². The van der Waals surface area contributed by atoms with Crippen molar-refractivity contribution in [2.45, 2.75) is 12.8 Å². The Morgan fingerprint density at radius 3 is 2.48 bits per heavy atom. The molecule has 0 bridgehead atoms. The number of carbonyl (C=O) groups is 1. The fourth-order valence-electron chi connectivity index (χ4n) is 2.93. The minimum atomic E-state index is 0.130. The van der Waals surface area contributed by atoms with Crippen molar-refractivity contribution >= 4 is 28.2 Å². The number of Topliss-reactive ketones (excluding diaryl/α,β-unsaturated/α-hetero) is 1. The topological polar surface area (TPSA) is 67.8 Å². The molecule has 0 atom stereocenters. The third kappa shape index (κ3) is 3.98. The van der Waals surface area contributed by atoms with Gasteiger partial charge in [0.25, 0.3) is 0 Å². The van der Waals surface area contributed by atoms with Crippen LogP contribution in [-0.4, -0.2) is 20.7 Å². The van der Waals surface area contributed by atoms with Crippen LogP contribution in [0.25, 0.3) is 10.9 Å². The van der Waals surface area contributed by atoms with Gasteiger partial charge in [-0.05, 0) is 60.5 Å². The Kier molecular flexibility index (Phi) is 4.83. The van der Waals surface area contributed by atoms with Gasteiger partial charge in [-0.3, -0.25) is 9.78 Å². The predicted molar refractivity (Wildman–Crippen MR) is 106 cm³/mol. The van der Waals surface area contributed by atoms with E-state index in [2.05, 4.69) is 20.3 Å². The van der Waals surface area contributed by atoms with Crippen molar-refractivity contribution in [2.24, 2.45) is 0 Å². The molecule has 0 aliphatic rings. The first-order chi connectivity index (χ1) is 13.3. The largest absolute Gasteiger partial charge is 0.340 e. The van der Waals surface area contributed by atoms with Crippen LogP contribution in [0, 0.1) is 0 Å². The van der Waals surface area contributed by atoms with Gasteiger partial charge in [0.2, 0.25) is 0 Å². The number of para-hydroxylation sites is 1. The molecule has 2 aromatic carbocycles. The van der Waals surface area contributed by atoms with E-state index in [0.29, 0.717) is 18.4 Å². The summed E-state index contributed by atoms with van der Waals surface area (Å²) in [6, 6.07) is 19.2. The number of ketones is 1. The van der Waals surface area contributed by atoms with Crippen LogP contribution in [0.2, 0.25) is 0 Å². The van der Waals surface area contributed by atoms with Crippen LogP contribution >= 0.6 is 0 Å². The fourth-order valence-corrected chi connectivity index (χ4v) is 2.93. The summed E-state index contributed by atoms with van der Waals surface area (Å²) in [5.41, 5.74) is 3.59. The van der Waals surface area contributed by atoms with Gasteiger partial charge in [0.15, 0.2) is 5.78 Å². The first kappa shape index (κ1) is 16.8. The Morgan fingerprint density at radius 2 is 1.67 bits per heavy atom. The molecular formula is C22H18N4O. The number of aryl methyl sites for hydroxylation is 1. The number of aromatic nitrogens is 3. The summed E-state index contributed by atoms with van der Waals surface area (Å²) in [6.07, 6.45) is 6.23. The maximum absolute atomic E-state index is 12.4. The molecule has 4 aromatic rings. The Morgan fingerprint density at radius 1 is 0.889 bits per heavy atom. The van der Waals surface area contributed by atoms with Gasteiger partial charge in [-0.1, -0.05) is 12.1 Å². The second-order valence-electron chi connectivity index (χ2n) is 6.22. The summed E-state index contributed by atoms with van der Waals surface area (Å²) in [5, 5.41) is 4.26. The number of anilines is 2. The van der Waals surface area contributed by atoms with Crippen LogP contribution in [0.5, 0.6) is 0 Å². The van der Waals surface area contributed by atoms with Crippen molar-refractivity contribution in [2.75, 3.05) is 5.32 Å². The zero-order valence-corrected chi connectivity index (χ0v) is 14.7. The third-order valence-corrected chi connectivity index (χ3v) is 4.40.